The summed E-state index contributed by atoms with van der Waals surface area (Å²) in [5.41, 5.74) is 4.17. The smallest absolute Gasteiger partial charge is 0.241 e. The molecule has 12 nitrogen and oxygen atoms in total. The van der Waals surface area contributed by atoms with Gasteiger partial charge in [0.1, 0.15) is 12.2 Å². The largest absolute Gasteiger partial charge is 0.493 e. The molecule has 0 aliphatic carbocycles. The molecule has 0 bridgehead atoms. The molecule has 0 saturated carbocycles. The zero-order chi connectivity index (χ0) is 26.8. The molecule has 0 unspecified atom stereocenters. The monoisotopic (exact) mass is 523 g/mol. The summed E-state index contributed by atoms with van der Waals surface area (Å²) in [5, 5.41) is 6.58. The first kappa shape index (κ1) is 24.0. The molecule has 6 aromatic rings. The molecule has 3 aromatic heterocycles. The third-order valence-electron chi connectivity index (χ3n) is 6.09. The minimum atomic E-state index is 0.329. The highest BCUT2D eigenvalue weighted by Crippen LogP contribution is 2.40. The average Bonchev–Trinajstić information content (AvgIpc) is 3.56. The Hall–Kier alpha value is -5.39. The maximum Gasteiger partial charge on any atom is 0.241 e. The van der Waals surface area contributed by atoms with E-state index in [1.165, 1.54) is 6.33 Å². The third kappa shape index (κ3) is 4.59. The number of nitrogens with one attached hydrogen (secondary N) is 3. The van der Waals surface area contributed by atoms with E-state index in [0.717, 1.165) is 27.9 Å². The van der Waals surface area contributed by atoms with Crippen molar-refractivity contribution >= 4 is 39.7 Å². The van der Waals surface area contributed by atoms with Crippen LogP contribution in [0, 0.1) is 0 Å². The molecule has 196 valence electrons. The van der Waals surface area contributed by atoms with Gasteiger partial charge in [0, 0.05) is 17.8 Å². The molecule has 12 heteroatoms. The van der Waals surface area contributed by atoms with Crippen molar-refractivity contribution in [2.45, 2.75) is 6.54 Å². The molecule has 0 saturated heterocycles. The van der Waals surface area contributed by atoms with Gasteiger partial charge in [-0.2, -0.15) is 4.98 Å². The number of aromatic amines is 1. The summed E-state index contributed by atoms with van der Waals surface area (Å²) in [6.45, 7) is 0.430. The lowest BCUT2D eigenvalue weighted by Gasteiger charge is -2.15. The second-order valence-electron chi connectivity index (χ2n) is 8.46. The number of anilines is 3. The molecule has 0 fully saturated rings. The van der Waals surface area contributed by atoms with Gasteiger partial charge >= 0.3 is 0 Å². The number of hydrogen-bond donors (Lipinski definition) is 3. The Labute approximate surface area is 223 Å². The van der Waals surface area contributed by atoms with Gasteiger partial charge in [-0.3, -0.25) is 0 Å². The fraction of sp³-hybridized carbons (Fsp3) is 0.148. The minimum Gasteiger partial charge on any atom is -0.493 e. The number of imidazole rings is 2. The molecule has 3 heterocycles. The predicted octanol–water partition coefficient (Wildman–Crippen LogP) is 4.47. The van der Waals surface area contributed by atoms with Gasteiger partial charge in [0.2, 0.25) is 23.6 Å². The maximum absolute atomic E-state index is 5.46. The zero-order valence-corrected chi connectivity index (χ0v) is 21.5. The summed E-state index contributed by atoms with van der Waals surface area (Å²) in [5.74, 6) is 3.58. The molecule has 3 N–H and O–H groups in total. The van der Waals surface area contributed by atoms with Crippen LogP contribution >= 0.6 is 0 Å². The number of H-pyrrole nitrogens is 1. The molecule has 0 spiro atoms. The number of rotatable bonds is 9. The van der Waals surface area contributed by atoms with Crippen LogP contribution in [0.15, 0.2) is 67.0 Å². The lowest BCUT2D eigenvalue weighted by molar-refractivity contribution is 0.324. The second-order valence-corrected chi connectivity index (χ2v) is 8.46. The van der Waals surface area contributed by atoms with Crippen LogP contribution < -0.4 is 24.8 Å². The summed E-state index contributed by atoms with van der Waals surface area (Å²) < 4.78 is 18.2. The van der Waals surface area contributed by atoms with E-state index < -0.39 is 0 Å². The Bertz CT molecular complexity index is 1720. The molecule has 6 rings (SSSR count). The molecule has 3 aromatic carbocycles. The van der Waals surface area contributed by atoms with Gasteiger partial charge in [-0.05, 0) is 24.3 Å². The molecule has 0 aliphatic heterocycles. The van der Waals surface area contributed by atoms with Crippen molar-refractivity contribution in [1.29, 1.82) is 0 Å². The van der Waals surface area contributed by atoms with Crippen molar-refractivity contribution in [3.63, 3.8) is 0 Å². The number of methoxy groups -OCH3 is 3. The van der Waals surface area contributed by atoms with E-state index in [0.29, 0.717) is 47.3 Å². The van der Waals surface area contributed by atoms with Crippen LogP contribution in [-0.2, 0) is 6.54 Å². The van der Waals surface area contributed by atoms with Crippen LogP contribution in [0.25, 0.3) is 28.0 Å². The summed E-state index contributed by atoms with van der Waals surface area (Å²) in [7, 11) is 4.68. The van der Waals surface area contributed by atoms with E-state index in [1.807, 2.05) is 53.1 Å². The summed E-state index contributed by atoms with van der Waals surface area (Å²) >= 11 is 0. The Balaban J connectivity index is 1.34. The summed E-state index contributed by atoms with van der Waals surface area (Å²) in [4.78, 5) is 26.2. The van der Waals surface area contributed by atoms with Gasteiger partial charge < -0.3 is 29.8 Å². The Morgan fingerprint density at radius 3 is 2.31 bits per heavy atom. The fourth-order valence-electron chi connectivity index (χ4n) is 4.34. The van der Waals surface area contributed by atoms with Crippen LogP contribution in [0.3, 0.4) is 0 Å². The van der Waals surface area contributed by atoms with Crippen LogP contribution in [0.4, 0.5) is 17.6 Å². The molecule has 39 heavy (non-hydrogen) atoms. The quantitative estimate of drug-likeness (QED) is 0.249. The van der Waals surface area contributed by atoms with Crippen molar-refractivity contribution in [3.8, 4) is 23.2 Å². The van der Waals surface area contributed by atoms with Crippen LogP contribution in [0.2, 0.25) is 0 Å². The highest BCUT2D eigenvalue weighted by atomic mass is 16.5. The minimum absolute atomic E-state index is 0.329. The maximum atomic E-state index is 5.46. The molecule has 0 radical (unpaired) electrons. The average molecular weight is 524 g/mol. The van der Waals surface area contributed by atoms with Crippen LogP contribution in [0.1, 0.15) is 5.82 Å². The second kappa shape index (κ2) is 10.2. The lowest BCUT2D eigenvalue weighted by Crippen LogP contribution is -2.11. The number of benzene rings is 3. The van der Waals surface area contributed by atoms with Crippen LogP contribution in [0.5, 0.6) is 17.2 Å². The first-order valence-corrected chi connectivity index (χ1v) is 12.1. The first-order chi connectivity index (χ1) is 19.2. The van der Waals surface area contributed by atoms with Gasteiger partial charge in [-0.25, -0.2) is 24.5 Å². The molecule has 0 atom stereocenters. The van der Waals surface area contributed by atoms with E-state index >= 15 is 0 Å². The van der Waals surface area contributed by atoms with Crippen molar-refractivity contribution < 1.29 is 14.2 Å². The lowest BCUT2D eigenvalue weighted by atomic mass is 10.2. The van der Waals surface area contributed by atoms with E-state index in [-0.39, 0.29) is 0 Å². The highest BCUT2D eigenvalue weighted by Gasteiger charge is 2.17. The van der Waals surface area contributed by atoms with Gasteiger partial charge in [0.25, 0.3) is 0 Å². The number of fused-ring (bicyclic) bond motifs is 2. The van der Waals surface area contributed by atoms with Gasteiger partial charge in [0.05, 0.1) is 49.9 Å². The molecule has 0 amide bonds. The van der Waals surface area contributed by atoms with Crippen molar-refractivity contribution in [2.24, 2.45) is 0 Å². The summed E-state index contributed by atoms with van der Waals surface area (Å²) in [6.07, 6.45) is 1.44. The van der Waals surface area contributed by atoms with Crippen molar-refractivity contribution in [1.82, 2.24) is 34.5 Å². The van der Waals surface area contributed by atoms with Gasteiger partial charge in [-0.1, -0.05) is 24.3 Å². The van der Waals surface area contributed by atoms with E-state index in [4.69, 9.17) is 19.2 Å². The number of nitrogens with zero attached hydrogens (tertiary/aromatic N) is 6. The first-order valence-electron chi connectivity index (χ1n) is 12.1. The van der Waals surface area contributed by atoms with E-state index in [2.05, 4.69) is 35.6 Å². The van der Waals surface area contributed by atoms with Crippen molar-refractivity contribution in [2.75, 3.05) is 32.0 Å². The summed E-state index contributed by atoms with van der Waals surface area (Å²) in [6, 6.07) is 19.2. The third-order valence-corrected chi connectivity index (χ3v) is 6.09. The van der Waals surface area contributed by atoms with E-state index in [9.17, 15) is 0 Å². The van der Waals surface area contributed by atoms with Gasteiger partial charge in [-0.15, -0.1) is 0 Å². The SMILES string of the molecule is COc1cc(Nc2ncnc(-n3c(NCc4nc5ccccc5[nH]4)nc4ccccc43)n2)cc(OC)c1OC. The Kier molecular flexibility index (Phi) is 6.25. The topological polar surface area (TPSA) is 137 Å². The Morgan fingerprint density at radius 2 is 1.56 bits per heavy atom. The Morgan fingerprint density at radius 1 is 0.821 bits per heavy atom. The molecular weight excluding hydrogens is 498 g/mol. The normalized spacial score (nSPS) is 11.1. The van der Waals surface area contributed by atoms with Gasteiger partial charge in [0.15, 0.2) is 11.5 Å². The standard InChI is InChI=1S/C27H25N9O3/c1-37-21-12-16(13-22(38-2)24(21)39-3)31-25-29-15-30-27(35-25)36-20-11-7-6-10-19(20)34-26(36)28-14-23-32-17-8-4-5-9-18(17)33-23/h4-13,15H,14H2,1-3H3,(H,28,34)(H,32,33)(H,29,30,31,35). The predicted molar refractivity (Wildman–Crippen MR) is 147 cm³/mol. The van der Waals surface area contributed by atoms with E-state index in [1.54, 1.807) is 33.5 Å². The van der Waals surface area contributed by atoms with Crippen LogP contribution in [-0.4, -0.2) is 55.8 Å². The number of para-hydroxylation sites is 4. The highest BCUT2D eigenvalue weighted by molar-refractivity contribution is 5.80. The molecule has 0 aliphatic rings. The van der Waals surface area contributed by atoms with Crippen molar-refractivity contribution in [3.05, 3.63) is 72.8 Å². The number of aromatic nitrogens is 7. The number of hydrogen-bond acceptors (Lipinski definition) is 10. The molecular formula is C27H25N9O3. The fourth-order valence-corrected chi connectivity index (χ4v) is 4.34. The zero-order valence-electron chi connectivity index (χ0n) is 21.5. The number of ether oxygens (including phenoxy) is 3.